The number of nitrogens with zero attached hydrogens (tertiary/aromatic N) is 6. The first-order chi connectivity index (χ1) is 13.3. The zero-order chi connectivity index (χ0) is 18.2. The molecule has 0 saturated heterocycles. The van der Waals surface area contributed by atoms with E-state index in [2.05, 4.69) is 25.4 Å². The Morgan fingerprint density at radius 1 is 1.11 bits per heavy atom. The summed E-state index contributed by atoms with van der Waals surface area (Å²) in [5.74, 6) is 0.368. The molecule has 0 spiro atoms. The van der Waals surface area contributed by atoms with Gasteiger partial charge in [0.15, 0.2) is 5.69 Å². The fourth-order valence-corrected chi connectivity index (χ4v) is 2.98. The summed E-state index contributed by atoms with van der Waals surface area (Å²) in [5, 5.41) is 12.3. The van der Waals surface area contributed by atoms with Crippen LogP contribution in [0.15, 0.2) is 53.2 Å². The topological polar surface area (TPSA) is 91.8 Å². The van der Waals surface area contributed by atoms with Crippen molar-refractivity contribution >= 4 is 0 Å². The summed E-state index contributed by atoms with van der Waals surface area (Å²) in [6.07, 6.45) is 1.44. The molecule has 1 aromatic carbocycles. The molecule has 0 saturated carbocycles. The van der Waals surface area contributed by atoms with Gasteiger partial charge in [0.25, 0.3) is 5.89 Å². The van der Waals surface area contributed by atoms with Crippen LogP contribution in [0.1, 0.15) is 17.4 Å². The molecule has 1 aliphatic rings. The lowest BCUT2D eigenvalue weighted by Gasteiger charge is -2.24. The Bertz CT molecular complexity index is 1080. The molecule has 1 atom stereocenters. The van der Waals surface area contributed by atoms with Crippen molar-refractivity contribution in [2.45, 2.75) is 19.3 Å². The van der Waals surface area contributed by atoms with Crippen molar-refractivity contribution < 1.29 is 13.7 Å². The minimum atomic E-state index is -0.279. The van der Waals surface area contributed by atoms with Crippen molar-refractivity contribution in [3.05, 3.63) is 65.7 Å². The fourth-order valence-electron chi connectivity index (χ4n) is 2.98. The van der Waals surface area contributed by atoms with Crippen LogP contribution in [0, 0.1) is 5.82 Å². The summed E-state index contributed by atoms with van der Waals surface area (Å²) in [6, 6.07) is 11.7. The average molecular weight is 364 g/mol. The fraction of sp³-hybridized carbons (Fsp3) is 0.167. The highest BCUT2D eigenvalue weighted by Gasteiger charge is 2.28. The molecule has 4 aromatic rings. The number of aromatic nitrogens is 6. The Morgan fingerprint density at radius 2 is 2.00 bits per heavy atom. The molecule has 0 amide bonds. The highest BCUT2D eigenvalue weighted by Crippen LogP contribution is 2.30. The summed E-state index contributed by atoms with van der Waals surface area (Å²) < 4.78 is 26.1. The molecular formula is C18H13FN6O2. The van der Waals surface area contributed by atoms with Crippen LogP contribution in [0.25, 0.3) is 23.1 Å². The van der Waals surface area contributed by atoms with E-state index in [4.69, 9.17) is 9.26 Å². The van der Waals surface area contributed by atoms with E-state index >= 15 is 0 Å². The molecule has 0 fully saturated rings. The van der Waals surface area contributed by atoms with E-state index in [1.165, 1.54) is 12.1 Å². The van der Waals surface area contributed by atoms with Crippen LogP contribution >= 0.6 is 0 Å². The van der Waals surface area contributed by atoms with Crippen molar-refractivity contribution in [3.8, 4) is 23.1 Å². The number of hydrogen-bond donors (Lipinski definition) is 0. The lowest BCUT2D eigenvalue weighted by atomic mass is 10.1. The Balaban J connectivity index is 1.42. The van der Waals surface area contributed by atoms with Gasteiger partial charge in [-0.05, 0) is 29.8 Å². The molecule has 4 heterocycles. The number of ether oxygens (including phenoxy) is 1. The van der Waals surface area contributed by atoms with Gasteiger partial charge < -0.3 is 9.26 Å². The predicted octanol–water partition coefficient (Wildman–Crippen LogP) is 2.80. The predicted molar refractivity (Wildman–Crippen MR) is 90.5 cm³/mol. The molecule has 0 unspecified atom stereocenters. The second-order valence-electron chi connectivity index (χ2n) is 6.06. The van der Waals surface area contributed by atoms with Gasteiger partial charge in [-0.15, -0.1) is 5.10 Å². The van der Waals surface area contributed by atoms with Gasteiger partial charge in [0.1, 0.15) is 17.6 Å². The molecule has 9 heteroatoms. The van der Waals surface area contributed by atoms with Crippen molar-refractivity contribution in [2.75, 3.05) is 0 Å². The van der Waals surface area contributed by atoms with Crippen LogP contribution in [0.4, 0.5) is 4.39 Å². The lowest BCUT2D eigenvalue weighted by Crippen LogP contribution is -2.22. The first-order valence-corrected chi connectivity index (χ1v) is 8.33. The third kappa shape index (κ3) is 2.87. The Kier molecular flexibility index (Phi) is 3.72. The second-order valence-corrected chi connectivity index (χ2v) is 6.06. The molecule has 3 aromatic heterocycles. The third-order valence-corrected chi connectivity index (χ3v) is 4.36. The largest absolute Gasteiger partial charge is 0.365 e. The highest BCUT2D eigenvalue weighted by atomic mass is 19.1. The van der Waals surface area contributed by atoms with E-state index in [9.17, 15) is 4.39 Å². The Morgan fingerprint density at radius 3 is 2.81 bits per heavy atom. The molecule has 1 aliphatic heterocycles. The van der Waals surface area contributed by atoms with Crippen molar-refractivity contribution in [3.63, 3.8) is 0 Å². The minimum Gasteiger partial charge on any atom is -0.365 e. The van der Waals surface area contributed by atoms with Gasteiger partial charge in [-0.25, -0.2) is 9.07 Å². The van der Waals surface area contributed by atoms with Gasteiger partial charge in [0.2, 0.25) is 5.82 Å². The van der Waals surface area contributed by atoms with Crippen LogP contribution < -0.4 is 0 Å². The van der Waals surface area contributed by atoms with Crippen LogP contribution in [0.3, 0.4) is 0 Å². The number of halogens is 1. The van der Waals surface area contributed by atoms with Gasteiger partial charge in [0.05, 0.1) is 18.8 Å². The van der Waals surface area contributed by atoms with Crippen LogP contribution in [0.5, 0.6) is 0 Å². The molecule has 134 valence electrons. The SMILES string of the molecule is Fc1ccc([C@H]2Cn3nnc(-c4nc(-c5ccccn5)no4)c3CO2)cc1. The summed E-state index contributed by atoms with van der Waals surface area (Å²) in [4.78, 5) is 8.57. The van der Waals surface area contributed by atoms with Crippen LogP contribution in [-0.2, 0) is 17.9 Å². The molecular weight excluding hydrogens is 351 g/mol. The monoisotopic (exact) mass is 364 g/mol. The molecule has 0 radical (unpaired) electrons. The second kappa shape index (κ2) is 6.36. The van der Waals surface area contributed by atoms with Gasteiger partial charge in [0, 0.05) is 6.20 Å². The number of benzene rings is 1. The zero-order valence-electron chi connectivity index (χ0n) is 14.0. The van der Waals surface area contributed by atoms with E-state index in [-0.39, 0.29) is 24.4 Å². The molecule has 5 rings (SSSR count). The number of fused-ring (bicyclic) bond motifs is 1. The summed E-state index contributed by atoms with van der Waals surface area (Å²) >= 11 is 0. The van der Waals surface area contributed by atoms with Crippen molar-refractivity contribution in [2.24, 2.45) is 0 Å². The van der Waals surface area contributed by atoms with Gasteiger partial charge >= 0.3 is 0 Å². The first-order valence-electron chi connectivity index (χ1n) is 8.33. The summed E-state index contributed by atoms with van der Waals surface area (Å²) in [5.41, 5.74) is 2.74. The number of rotatable bonds is 3. The maximum absolute atomic E-state index is 13.1. The van der Waals surface area contributed by atoms with Crippen LogP contribution in [0.2, 0.25) is 0 Å². The highest BCUT2D eigenvalue weighted by molar-refractivity contribution is 5.55. The van der Waals surface area contributed by atoms with Gasteiger partial charge in [-0.3, -0.25) is 4.98 Å². The van der Waals surface area contributed by atoms with Gasteiger partial charge in [-0.1, -0.05) is 28.6 Å². The van der Waals surface area contributed by atoms with Crippen molar-refractivity contribution in [1.82, 2.24) is 30.1 Å². The minimum absolute atomic E-state index is 0.223. The third-order valence-electron chi connectivity index (χ3n) is 4.36. The molecule has 0 N–H and O–H groups in total. The van der Waals surface area contributed by atoms with E-state index in [1.54, 1.807) is 29.1 Å². The summed E-state index contributed by atoms with van der Waals surface area (Å²) in [7, 11) is 0. The number of hydrogen-bond acceptors (Lipinski definition) is 7. The smallest absolute Gasteiger partial charge is 0.280 e. The Labute approximate surface area is 152 Å². The molecule has 0 bridgehead atoms. The maximum atomic E-state index is 13.1. The van der Waals surface area contributed by atoms with E-state index in [0.29, 0.717) is 23.8 Å². The van der Waals surface area contributed by atoms with E-state index in [1.807, 2.05) is 12.1 Å². The quantitative estimate of drug-likeness (QED) is 0.552. The van der Waals surface area contributed by atoms with E-state index < -0.39 is 0 Å². The normalized spacial score (nSPS) is 16.3. The molecule has 8 nitrogen and oxygen atoms in total. The standard InChI is InChI=1S/C18H13FN6O2/c19-12-6-4-11(5-7-12)15-9-25-14(10-26-15)16(22-24-25)18-21-17(23-27-18)13-3-1-2-8-20-13/h1-8,15H,9-10H2/t15-/m1/s1. The average Bonchev–Trinajstić information content (AvgIpc) is 3.36. The van der Waals surface area contributed by atoms with Gasteiger partial charge in [-0.2, -0.15) is 4.98 Å². The zero-order valence-corrected chi connectivity index (χ0v) is 14.0. The lowest BCUT2D eigenvalue weighted by molar-refractivity contribution is -0.00120. The summed E-state index contributed by atoms with van der Waals surface area (Å²) in [6.45, 7) is 0.751. The van der Waals surface area contributed by atoms with Crippen LogP contribution in [-0.4, -0.2) is 30.1 Å². The molecule has 27 heavy (non-hydrogen) atoms. The van der Waals surface area contributed by atoms with E-state index in [0.717, 1.165) is 11.3 Å². The number of pyridine rings is 1. The molecule has 0 aliphatic carbocycles. The first kappa shape index (κ1) is 15.8. The van der Waals surface area contributed by atoms with Crippen molar-refractivity contribution in [1.29, 1.82) is 0 Å². The maximum Gasteiger partial charge on any atom is 0.280 e. The Hall–Kier alpha value is -3.46.